The molecule has 0 heterocycles. The number of nitrogens with zero attached hydrogens (tertiary/aromatic N) is 1. The number of amides is 2. The summed E-state index contributed by atoms with van der Waals surface area (Å²) in [6.07, 6.45) is 4.14. The standard InChI is InChI=1S/C27H26BrN3O4/c28-24-15-7-6-14-23(24)27(34)35-22-13-9-10-20(18-22)19-30-31-25(32)16-5-2-8-17-29-26(33)21-11-3-1-4-12-21/h1,3-4,6-7,9-15,18-19H,2,5,8,16-17H2,(H,29,33)(H,31,32). The number of hydrogen-bond donors (Lipinski definition) is 2. The molecule has 2 amide bonds. The molecule has 0 aliphatic heterocycles. The Balaban J connectivity index is 1.34. The lowest BCUT2D eigenvalue weighted by molar-refractivity contribution is -0.121. The third-order valence-electron chi connectivity index (χ3n) is 4.97. The fourth-order valence-corrected chi connectivity index (χ4v) is 3.61. The highest BCUT2D eigenvalue weighted by Crippen LogP contribution is 2.19. The van der Waals surface area contributed by atoms with Gasteiger partial charge in [0.05, 0.1) is 11.8 Å². The van der Waals surface area contributed by atoms with Crippen molar-refractivity contribution in [3.05, 3.63) is 100 Å². The molecule has 0 fully saturated rings. The van der Waals surface area contributed by atoms with Crippen LogP contribution in [0, 0.1) is 0 Å². The quantitative estimate of drug-likeness (QED) is 0.117. The first kappa shape index (κ1) is 25.8. The average Bonchev–Trinajstić information content (AvgIpc) is 2.87. The van der Waals surface area contributed by atoms with Crippen LogP contribution in [0.1, 0.15) is 52.0 Å². The summed E-state index contributed by atoms with van der Waals surface area (Å²) in [6.45, 7) is 0.565. The Hall–Kier alpha value is -3.78. The Kier molecular flexibility index (Phi) is 10.2. The number of esters is 1. The first-order chi connectivity index (χ1) is 17.0. The van der Waals surface area contributed by atoms with Crippen LogP contribution in [0.25, 0.3) is 0 Å². The van der Waals surface area contributed by atoms with E-state index in [4.69, 9.17) is 4.74 Å². The van der Waals surface area contributed by atoms with Gasteiger partial charge in [0.2, 0.25) is 5.91 Å². The second-order valence-electron chi connectivity index (χ2n) is 7.67. The van der Waals surface area contributed by atoms with Gasteiger partial charge in [0.25, 0.3) is 5.91 Å². The van der Waals surface area contributed by atoms with Crippen LogP contribution in [0.3, 0.4) is 0 Å². The summed E-state index contributed by atoms with van der Waals surface area (Å²) in [5, 5.41) is 6.85. The molecule has 0 radical (unpaired) electrons. The second-order valence-corrected chi connectivity index (χ2v) is 8.52. The van der Waals surface area contributed by atoms with Crippen molar-refractivity contribution in [2.45, 2.75) is 25.7 Å². The van der Waals surface area contributed by atoms with Crippen molar-refractivity contribution in [2.75, 3.05) is 6.54 Å². The predicted molar refractivity (Wildman–Crippen MR) is 139 cm³/mol. The molecule has 3 aromatic carbocycles. The number of carbonyl (C=O) groups is 3. The van der Waals surface area contributed by atoms with Crippen LogP contribution >= 0.6 is 15.9 Å². The highest BCUT2D eigenvalue weighted by atomic mass is 79.9. The van der Waals surface area contributed by atoms with Crippen LogP contribution in [-0.4, -0.2) is 30.5 Å². The molecule has 0 aliphatic rings. The zero-order chi connectivity index (χ0) is 24.9. The van der Waals surface area contributed by atoms with E-state index in [2.05, 4.69) is 31.8 Å². The molecular weight excluding hydrogens is 510 g/mol. The second kappa shape index (κ2) is 13.8. The van der Waals surface area contributed by atoms with Gasteiger partial charge < -0.3 is 10.1 Å². The number of hydrazone groups is 1. The van der Waals surface area contributed by atoms with Crippen LogP contribution in [0.5, 0.6) is 5.75 Å². The summed E-state index contributed by atoms with van der Waals surface area (Å²) in [6, 6.07) is 22.9. The van der Waals surface area contributed by atoms with Crippen LogP contribution < -0.4 is 15.5 Å². The smallest absolute Gasteiger partial charge is 0.344 e. The van der Waals surface area contributed by atoms with E-state index in [-0.39, 0.29) is 11.8 Å². The van der Waals surface area contributed by atoms with Gasteiger partial charge in [-0.15, -0.1) is 0 Å². The molecule has 0 saturated carbocycles. The van der Waals surface area contributed by atoms with Crippen molar-refractivity contribution >= 4 is 39.9 Å². The van der Waals surface area contributed by atoms with Crippen molar-refractivity contribution in [3.8, 4) is 5.75 Å². The van der Waals surface area contributed by atoms with Gasteiger partial charge in [0.1, 0.15) is 5.75 Å². The van der Waals surface area contributed by atoms with Gasteiger partial charge in [-0.1, -0.05) is 48.9 Å². The van der Waals surface area contributed by atoms with E-state index in [1.54, 1.807) is 54.6 Å². The first-order valence-corrected chi connectivity index (χ1v) is 12.0. The van der Waals surface area contributed by atoms with Gasteiger partial charge in [0, 0.05) is 23.0 Å². The minimum atomic E-state index is -0.473. The fourth-order valence-electron chi connectivity index (χ4n) is 3.16. The van der Waals surface area contributed by atoms with E-state index in [0.29, 0.717) is 46.3 Å². The third kappa shape index (κ3) is 8.83. The zero-order valence-electron chi connectivity index (χ0n) is 19.1. The summed E-state index contributed by atoms with van der Waals surface area (Å²) >= 11 is 3.34. The molecule has 0 saturated heterocycles. The molecule has 180 valence electrons. The lowest BCUT2D eigenvalue weighted by atomic mass is 10.2. The van der Waals surface area contributed by atoms with Crippen LogP contribution in [0.2, 0.25) is 0 Å². The lowest BCUT2D eigenvalue weighted by Gasteiger charge is -2.06. The molecule has 2 N–H and O–H groups in total. The number of nitrogens with one attached hydrogen (secondary N) is 2. The molecule has 3 rings (SSSR count). The predicted octanol–water partition coefficient (Wildman–Crippen LogP) is 5.11. The van der Waals surface area contributed by atoms with Gasteiger partial charge in [-0.25, -0.2) is 10.2 Å². The van der Waals surface area contributed by atoms with Crippen molar-refractivity contribution in [3.63, 3.8) is 0 Å². The highest BCUT2D eigenvalue weighted by molar-refractivity contribution is 9.10. The number of carbonyl (C=O) groups excluding carboxylic acids is 3. The largest absolute Gasteiger partial charge is 0.423 e. The minimum absolute atomic E-state index is 0.0931. The van der Waals surface area contributed by atoms with Crippen molar-refractivity contribution in [1.82, 2.24) is 10.7 Å². The Labute approximate surface area is 212 Å². The Morgan fingerprint density at radius 3 is 2.46 bits per heavy atom. The van der Waals surface area contributed by atoms with Gasteiger partial charge in [0.15, 0.2) is 0 Å². The molecule has 0 spiro atoms. The topological polar surface area (TPSA) is 96.9 Å². The molecule has 0 unspecified atom stereocenters. The number of hydrogen-bond acceptors (Lipinski definition) is 5. The maximum atomic E-state index is 12.4. The SMILES string of the molecule is O=C(CCCCCNC(=O)c1ccccc1)NN=Cc1cccc(OC(=O)c2ccccc2Br)c1. The fraction of sp³-hybridized carbons (Fsp3) is 0.185. The normalized spacial score (nSPS) is 10.7. The number of benzene rings is 3. The minimum Gasteiger partial charge on any atom is -0.423 e. The Bertz CT molecular complexity index is 1180. The van der Waals surface area contributed by atoms with Crippen molar-refractivity contribution < 1.29 is 19.1 Å². The molecule has 0 aromatic heterocycles. The number of unbranched alkanes of at least 4 members (excludes halogenated alkanes) is 2. The van der Waals surface area contributed by atoms with Gasteiger partial charge in [-0.05, 0) is 70.7 Å². The summed E-state index contributed by atoms with van der Waals surface area (Å²) in [5.41, 5.74) is 4.24. The summed E-state index contributed by atoms with van der Waals surface area (Å²) in [7, 11) is 0. The van der Waals surface area contributed by atoms with Crippen LogP contribution in [0.4, 0.5) is 0 Å². The van der Waals surface area contributed by atoms with E-state index in [1.807, 2.05) is 24.3 Å². The summed E-state index contributed by atoms with van der Waals surface area (Å²) < 4.78 is 6.09. The van der Waals surface area contributed by atoms with E-state index in [1.165, 1.54) is 6.21 Å². The molecule has 7 nitrogen and oxygen atoms in total. The van der Waals surface area contributed by atoms with E-state index < -0.39 is 5.97 Å². The zero-order valence-corrected chi connectivity index (χ0v) is 20.7. The van der Waals surface area contributed by atoms with Gasteiger partial charge in [-0.3, -0.25) is 9.59 Å². The third-order valence-corrected chi connectivity index (χ3v) is 5.66. The maximum Gasteiger partial charge on any atom is 0.344 e. The lowest BCUT2D eigenvalue weighted by Crippen LogP contribution is -2.24. The van der Waals surface area contributed by atoms with Crippen LogP contribution in [0.15, 0.2) is 88.4 Å². The van der Waals surface area contributed by atoms with Crippen LogP contribution in [-0.2, 0) is 4.79 Å². The number of halogens is 1. The molecule has 35 heavy (non-hydrogen) atoms. The number of rotatable bonds is 11. The summed E-state index contributed by atoms with van der Waals surface area (Å²) in [5.74, 6) is -0.379. The molecule has 8 heteroatoms. The van der Waals surface area contributed by atoms with Gasteiger partial charge in [-0.2, -0.15) is 5.10 Å². The monoisotopic (exact) mass is 535 g/mol. The molecule has 0 aliphatic carbocycles. The molecular formula is C27H26BrN3O4. The number of ether oxygens (including phenoxy) is 1. The Morgan fingerprint density at radius 2 is 1.66 bits per heavy atom. The molecule has 0 atom stereocenters. The molecule has 0 bridgehead atoms. The highest BCUT2D eigenvalue weighted by Gasteiger charge is 2.12. The first-order valence-electron chi connectivity index (χ1n) is 11.2. The Morgan fingerprint density at radius 1 is 0.886 bits per heavy atom. The average molecular weight is 536 g/mol. The van der Waals surface area contributed by atoms with Gasteiger partial charge >= 0.3 is 5.97 Å². The maximum absolute atomic E-state index is 12.4. The summed E-state index contributed by atoms with van der Waals surface area (Å²) in [4.78, 5) is 36.3. The molecule has 3 aromatic rings. The van der Waals surface area contributed by atoms with E-state index >= 15 is 0 Å². The van der Waals surface area contributed by atoms with Crippen molar-refractivity contribution in [2.24, 2.45) is 5.10 Å². The van der Waals surface area contributed by atoms with Crippen molar-refractivity contribution in [1.29, 1.82) is 0 Å². The van der Waals surface area contributed by atoms with E-state index in [9.17, 15) is 14.4 Å². The van der Waals surface area contributed by atoms with E-state index in [0.717, 1.165) is 12.8 Å².